The Morgan fingerprint density at radius 2 is 0.984 bits per heavy atom. The summed E-state index contributed by atoms with van der Waals surface area (Å²) in [4.78, 5) is 86.0. The van der Waals surface area contributed by atoms with Crippen molar-refractivity contribution in [1.82, 2.24) is 31.5 Å². The van der Waals surface area contributed by atoms with E-state index in [0.29, 0.717) is 45.6 Å². The number of morpholine rings is 1. The molecule has 2 aliphatic rings. The van der Waals surface area contributed by atoms with Gasteiger partial charge in [-0.1, -0.05) is 119 Å². The Hall–Kier alpha value is -5.44. The number of carbonyl (C=O) groups excluding carboxylic acids is 6. The highest BCUT2D eigenvalue weighted by molar-refractivity contribution is 5.99. The molecule has 0 aromatic heterocycles. The highest BCUT2D eigenvalue weighted by atomic mass is 16.6. The average Bonchev–Trinajstić information content (AvgIpc) is 4.02. The third kappa shape index (κ3) is 16.0. The first-order chi connectivity index (χ1) is 30.2. The molecule has 2 saturated heterocycles. The molecule has 2 fully saturated rings. The molecule has 2 aliphatic heterocycles. The van der Waals surface area contributed by atoms with Gasteiger partial charge >= 0.3 is 0 Å². The zero-order valence-corrected chi connectivity index (χ0v) is 37.4. The predicted octanol–water partition coefficient (Wildman–Crippen LogP) is 3.31. The second kappa shape index (κ2) is 23.9. The minimum Gasteiger partial charge on any atom is -0.379 e. The fraction of sp³-hybridized carbons (Fsp3) is 0.510. The number of aryl methyl sites for hydroxylation is 1. The van der Waals surface area contributed by atoms with Gasteiger partial charge in [-0.05, 0) is 61.1 Å². The van der Waals surface area contributed by atoms with Crippen molar-refractivity contribution in [2.45, 2.75) is 109 Å². The van der Waals surface area contributed by atoms with Crippen LogP contribution in [-0.2, 0) is 57.5 Å². The highest BCUT2D eigenvalue weighted by Crippen LogP contribution is 2.29. The number of hydrogen-bond donors (Lipinski definition) is 5. The number of nitrogens with one attached hydrogen (secondary N) is 5. The smallest absolute Gasteiger partial charge is 0.243 e. The van der Waals surface area contributed by atoms with Crippen LogP contribution in [0.15, 0.2) is 91.0 Å². The van der Waals surface area contributed by atoms with Gasteiger partial charge in [0, 0.05) is 25.9 Å². The first-order valence-electron chi connectivity index (χ1n) is 22.3. The van der Waals surface area contributed by atoms with Crippen LogP contribution in [0.25, 0.3) is 0 Å². The quantitative estimate of drug-likeness (QED) is 0.0843. The van der Waals surface area contributed by atoms with Crippen LogP contribution < -0.4 is 26.6 Å². The molecular formula is C49H66N6O8. The van der Waals surface area contributed by atoms with Crippen LogP contribution in [0.5, 0.6) is 0 Å². The van der Waals surface area contributed by atoms with Crippen LogP contribution in [0.3, 0.4) is 0 Å². The number of rotatable bonds is 24. The molecule has 63 heavy (non-hydrogen) atoms. The van der Waals surface area contributed by atoms with E-state index in [4.69, 9.17) is 9.47 Å². The van der Waals surface area contributed by atoms with E-state index >= 15 is 0 Å². The molecule has 3 aromatic carbocycles. The predicted molar refractivity (Wildman–Crippen MR) is 240 cm³/mol. The molecule has 340 valence electrons. The first kappa shape index (κ1) is 48.6. The number of nitrogens with zero attached hydrogens (tertiary/aromatic N) is 1. The van der Waals surface area contributed by atoms with Crippen molar-refractivity contribution in [3.05, 3.63) is 108 Å². The van der Waals surface area contributed by atoms with Gasteiger partial charge in [0.15, 0.2) is 5.78 Å². The molecule has 5 unspecified atom stereocenters. The van der Waals surface area contributed by atoms with E-state index in [1.54, 1.807) is 6.92 Å². The van der Waals surface area contributed by atoms with Crippen LogP contribution in [0.1, 0.15) is 70.6 Å². The second-order valence-electron chi connectivity index (χ2n) is 17.8. The Morgan fingerprint density at radius 3 is 1.46 bits per heavy atom. The van der Waals surface area contributed by atoms with Gasteiger partial charge < -0.3 is 36.1 Å². The molecule has 2 heterocycles. The van der Waals surface area contributed by atoms with Gasteiger partial charge in [0.05, 0.1) is 32.4 Å². The van der Waals surface area contributed by atoms with E-state index in [9.17, 15) is 28.8 Å². The lowest BCUT2D eigenvalue weighted by Gasteiger charge is -2.29. The minimum atomic E-state index is -1.16. The summed E-state index contributed by atoms with van der Waals surface area (Å²) in [5.41, 5.74) is 1.57. The van der Waals surface area contributed by atoms with Crippen molar-refractivity contribution >= 4 is 35.3 Å². The Morgan fingerprint density at radius 1 is 0.571 bits per heavy atom. The Bertz CT molecular complexity index is 1950. The van der Waals surface area contributed by atoms with E-state index in [0.717, 1.165) is 16.7 Å². The highest BCUT2D eigenvalue weighted by Gasteiger charge is 2.50. The summed E-state index contributed by atoms with van der Waals surface area (Å²) in [6, 6.07) is 23.0. The van der Waals surface area contributed by atoms with Gasteiger partial charge in [0.1, 0.15) is 29.8 Å². The molecule has 14 heteroatoms. The van der Waals surface area contributed by atoms with Crippen LogP contribution in [0.2, 0.25) is 0 Å². The van der Waals surface area contributed by atoms with Crippen molar-refractivity contribution < 1.29 is 38.2 Å². The lowest BCUT2D eigenvalue weighted by atomic mass is 9.93. The molecule has 0 saturated carbocycles. The summed E-state index contributed by atoms with van der Waals surface area (Å²) in [5.74, 6) is -2.73. The topological polar surface area (TPSA) is 188 Å². The molecule has 6 atom stereocenters. The van der Waals surface area contributed by atoms with E-state index in [-0.39, 0.29) is 55.9 Å². The molecule has 5 N–H and O–H groups in total. The van der Waals surface area contributed by atoms with Crippen molar-refractivity contribution in [1.29, 1.82) is 0 Å². The zero-order valence-electron chi connectivity index (χ0n) is 37.4. The van der Waals surface area contributed by atoms with E-state index in [1.165, 1.54) is 0 Å². The van der Waals surface area contributed by atoms with Crippen molar-refractivity contribution in [2.75, 3.05) is 39.5 Å². The average molecular weight is 867 g/mol. The molecular weight excluding hydrogens is 801 g/mol. The summed E-state index contributed by atoms with van der Waals surface area (Å²) >= 11 is 0. The normalized spacial score (nSPS) is 18.6. The monoisotopic (exact) mass is 866 g/mol. The fourth-order valence-electron chi connectivity index (χ4n) is 7.66. The largest absolute Gasteiger partial charge is 0.379 e. The number of ether oxygens (including phenoxy) is 2. The first-order valence-corrected chi connectivity index (χ1v) is 22.3. The van der Waals surface area contributed by atoms with E-state index < -0.39 is 59.4 Å². The van der Waals surface area contributed by atoms with Gasteiger partial charge in [-0.25, -0.2) is 0 Å². The van der Waals surface area contributed by atoms with Crippen LogP contribution in [-0.4, -0.2) is 115 Å². The molecule has 0 radical (unpaired) electrons. The molecule has 5 amide bonds. The van der Waals surface area contributed by atoms with Gasteiger partial charge in [-0.3, -0.25) is 33.7 Å². The van der Waals surface area contributed by atoms with E-state index in [2.05, 4.69) is 26.6 Å². The van der Waals surface area contributed by atoms with Gasteiger partial charge in [0.2, 0.25) is 29.5 Å². The molecule has 14 nitrogen and oxygen atoms in total. The van der Waals surface area contributed by atoms with Crippen molar-refractivity contribution in [3.63, 3.8) is 0 Å². The van der Waals surface area contributed by atoms with Crippen LogP contribution >= 0.6 is 0 Å². The fourth-order valence-corrected chi connectivity index (χ4v) is 7.66. The van der Waals surface area contributed by atoms with Crippen LogP contribution in [0.4, 0.5) is 0 Å². The molecule has 0 aliphatic carbocycles. The summed E-state index contributed by atoms with van der Waals surface area (Å²) in [6.45, 7) is 12.1. The third-order valence-corrected chi connectivity index (χ3v) is 11.3. The number of carbonyl (C=O) groups is 6. The number of epoxide rings is 1. The maximum Gasteiger partial charge on any atom is 0.243 e. The lowest BCUT2D eigenvalue weighted by Crippen LogP contribution is -2.60. The Balaban J connectivity index is 1.36. The standard InChI is InChI=1S/C49H66N6O8/c1-33(2)27-39(44(57)49(5)32-63-49)51-47(60)41(29-36-17-11-7-12-18-36)54-48(61)42(30-37-19-13-8-14-20-37)53-46(59)40(28-34(3)4)52-45(58)38(22-21-35-15-9-6-10-16-35)50-43(56)31-55-23-25-62-26-24-55/h6-20,33-34,38-42H,21-32H2,1-5H3,(H,50,56)(H,51,60)(H,52,58)(H,53,59)(H,54,61)/t38?,39?,40?,41?,42?,49-/m1/s1. The summed E-state index contributed by atoms with van der Waals surface area (Å²) in [6.07, 6.45) is 1.64. The Labute approximate surface area is 372 Å². The lowest BCUT2D eigenvalue weighted by molar-refractivity contribution is -0.135. The number of benzene rings is 3. The summed E-state index contributed by atoms with van der Waals surface area (Å²) in [5, 5.41) is 14.6. The maximum absolute atomic E-state index is 14.5. The zero-order chi connectivity index (χ0) is 45.4. The number of Topliss-reactive ketones (excluding diaryl/α,β-unsaturated/α-hetero) is 1. The maximum atomic E-state index is 14.5. The second-order valence-corrected chi connectivity index (χ2v) is 17.8. The van der Waals surface area contributed by atoms with Crippen molar-refractivity contribution in [2.24, 2.45) is 11.8 Å². The number of hydrogen-bond acceptors (Lipinski definition) is 9. The molecule has 0 bridgehead atoms. The molecule has 3 aromatic rings. The SMILES string of the molecule is CC(C)CC(NC(=O)C(CCc1ccccc1)NC(=O)CN1CCOCC1)C(=O)NC(Cc1ccccc1)C(=O)NC(Cc1ccccc1)C(=O)NC(CC(C)C)C(=O)[C@@]1(C)CO1. The molecule has 5 rings (SSSR count). The minimum absolute atomic E-state index is 0.0372. The third-order valence-electron chi connectivity index (χ3n) is 11.3. The van der Waals surface area contributed by atoms with Crippen LogP contribution in [0, 0.1) is 11.8 Å². The number of ketones is 1. The van der Waals surface area contributed by atoms with Gasteiger partial charge in [-0.15, -0.1) is 0 Å². The van der Waals surface area contributed by atoms with E-state index in [1.807, 2.05) is 124 Å². The number of amides is 5. The van der Waals surface area contributed by atoms with Crippen molar-refractivity contribution in [3.8, 4) is 0 Å². The van der Waals surface area contributed by atoms with Gasteiger partial charge in [0.25, 0.3) is 0 Å². The Kier molecular flexibility index (Phi) is 18.4. The summed E-state index contributed by atoms with van der Waals surface area (Å²) in [7, 11) is 0. The summed E-state index contributed by atoms with van der Waals surface area (Å²) < 4.78 is 10.9. The van der Waals surface area contributed by atoms with Gasteiger partial charge in [-0.2, -0.15) is 0 Å². The molecule has 0 spiro atoms.